The molecule has 0 saturated heterocycles. The highest BCUT2D eigenvalue weighted by Gasteiger charge is 2.16. The average Bonchev–Trinajstić information content (AvgIpc) is 2.90. The summed E-state index contributed by atoms with van der Waals surface area (Å²) in [6.45, 7) is 3.77. The maximum atomic E-state index is 12.3. The topological polar surface area (TPSA) is 77.2 Å². The lowest BCUT2D eigenvalue weighted by Gasteiger charge is -2.05. The second kappa shape index (κ2) is 6.70. The second-order valence-electron chi connectivity index (χ2n) is 5.24. The molecule has 1 aromatic carbocycles. The lowest BCUT2D eigenvalue weighted by atomic mass is 10.4. The van der Waals surface area contributed by atoms with Crippen LogP contribution in [0.4, 0.5) is 0 Å². The first-order chi connectivity index (χ1) is 11.4. The number of thioether (sulfide) groups is 1. The molecular weight excluding hydrogens is 368 g/mol. The number of aromatic nitrogens is 4. The molecule has 0 amide bonds. The molecule has 0 unspecified atom stereocenters. The molecule has 0 aliphatic heterocycles. The molecule has 2 aromatic heterocycles. The van der Waals surface area contributed by atoms with Crippen molar-refractivity contribution >= 4 is 38.8 Å². The van der Waals surface area contributed by atoms with E-state index in [0.29, 0.717) is 21.6 Å². The number of hydrogen-bond donors (Lipinski definition) is 0. The molecule has 0 radical (unpaired) electrons. The molecule has 0 spiro atoms. The Bertz CT molecular complexity index is 985. The van der Waals surface area contributed by atoms with Crippen LogP contribution in [0.1, 0.15) is 11.5 Å². The molecule has 9 heteroatoms. The first-order valence-electron chi connectivity index (χ1n) is 7.17. The number of halogens is 1. The van der Waals surface area contributed by atoms with E-state index in [0.717, 1.165) is 11.5 Å². The van der Waals surface area contributed by atoms with Crippen LogP contribution in [-0.4, -0.2) is 39.5 Å². The highest BCUT2D eigenvalue weighted by molar-refractivity contribution is 8.00. The Morgan fingerprint density at radius 3 is 2.58 bits per heavy atom. The van der Waals surface area contributed by atoms with E-state index in [1.165, 1.54) is 23.9 Å². The molecule has 0 N–H and O–H groups in total. The third-order valence-electron chi connectivity index (χ3n) is 3.41. The summed E-state index contributed by atoms with van der Waals surface area (Å²) >= 11 is 7.14. The predicted octanol–water partition coefficient (Wildman–Crippen LogP) is 2.96. The van der Waals surface area contributed by atoms with Gasteiger partial charge in [0.25, 0.3) is 0 Å². The normalized spacial score (nSPS) is 12.0. The Hall–Kier alpha value is -1.64. The third kappa shape index (κ3) is 3.55. The van der Waals surface area contributed by atoms with Gasteiger partial charge in [-0.05, 0) is 38.1 Å². The van der Waals surface area contributed by atoms with Gasteiger partial charge in [0.15, 0.2) is 20.6 Å². The van der Waals surface area contributed by atoms with Crippen molar-refractivity contribution in [3.05, 3.63) is 46.9 Å². The molecule has 0 aliphatic carbocycles. The minimum absolute atomic E-state index is 0.00650. The second-order valence-corrected chi connectivity index (χ2v) is 8.85. The van der Waals surface area contributed by atoms with Gasteiger partial charge in [0.1, 0.15) is 5.82 Å². The highest BCUT2D eigenvalue weighted by Crippen LogP contribution is 2.21. The van der Waals surface area contributed by atoms with E-state index in [2.05, 4.69) is 15.2 Å². The van der Waals surface area contributed by atoms with Gasteiger partial charge in [-0.2, -0.15) is 0 Å². The van der Waals surface area contributed by atoms with Crippen molar-refractivity contribution in [2.24, 2.45) is 0 Å². The van der Waals surface area contributed by atoms with Crippen LogP contribution in [0.3, 0.4) is 0 Å². The van der Waals surface area contributed by atoms with E-state index in [4.69, 9.17) is 11.6 Å². The third-order valence-corrected chi connectivity index (χ3v) is 6.59. The fourth-order valence-corrected chi connectivity index (χ4v) is 5.06. The summed E-state index contributed by atoms with van der Waals surface area (Å²) in [5.41, 5.74) is 1.58. The Morgan fingerprint density at radius 1 is 1.17 bits per heavy atom. The van der Waals surface area contributed by atoms with Crippen molar-refractivity contribution in [2.75, 3.05) is 11.5 Å². The van der Waals surface area contributed by atoms with E-state index in [-0.39, 0.29) is 10.6 Å². The number of benzene rings is 1. The molecule has 0 aliphatic rings. The van der Waals surface area contributed by atoms with Crippen LogP contribution < -0.4 is 0 Å². The minimum atomic E-state index is -3.35. The van der Waals surface area contributed by atoms with Crippen LogP contribution in [0.25, 0.3) is 5.65 Å². The van der Waals surface area contributed by atoms with Crippen molar-refractivity contribution in [1.82, 2.24) is 19.6 Å². The summed E-state index contributed by atoms with van der Waals surface area (Å²) in [6.07, 6.45) is 0. The molecule has 2 heterocycles. The van der Waals surface area contributed by atoms with Crippen LogP contribution in [0.5, 0.6) is 0 Å². The first kappa shape index (κ1) is 17.2. The molecule has 0 saturated carbocycles. The quantitative estimate of drug-likeness (QED) is 0.631. The number of sulfone groups is 1. The zero-order chi connectivity index (χ0) is 17.3. The number of fused-ring (bicyclic) bond motifs is 1. The minimum Gasteiger partial charge on any atom is -0.258 e. The molecule has 0 atom stereocenters. The predicted molar refractivity (Wildman–Crippen MR) is 94.5 cm³/mol. The maximum Gasteiger partial charge on any atom is 0.197 e. The van der Waals surface area contributed by atoms with Crippen molar-refractivity contribution in [2.45, 2.75) is 23.9 Å². The van der Waals surface area contributed by atoms with Crippen molar-refractivity contribution in [1.29, 1.82) is 0 Å². The van der Waals surface area contributed by atoms with Crippen LogP contribution in [0.15, 0.2) is 40.4 Å². The number of nitrogens with zero attached hydrogens (tertiary/aromatic N) is 4. The molecular formula is C15H15ClN4O2S2. The van der Waals surface area contributed by atoms with Crippen molar-refractivity contribution in [3.8, 4) is 0 Å². The number of aryl methyl sites for hydroxylation is 2. The van der Waals surface area contributed by atoms with Crippen LogP contribution in [-0.2, 0) is 9.84 Å². The highest BCUT2D eigenvalue weighted by atomic mass is 35.5. The van der Waals surface area contributed by atoms with Crippen molar-refractivity contribution < 1.29 is 8.42 Å². The fourth-order valence-electron chi connectivity index (χ4n) is 2.30. The smallest absolute Gasteiger partial charge is 0.197 e. The van der Waals surface area contributed by atoms with E-state index in [1.807, 2.05) is 24.3 Å². The average molecular weight is 383 g/mol. The molecule has 0 bridgehead atoms. The van der Waals surface area contributed by atoms with Gasteiger partial charge in [0.05, 0.1) is 10.6 Å². The summed E-state index contributed by atoms with van der Waals surface area (Å²) in [5.74, 6) is 1.16. The fraction of sp³-hybridized carbons (Fsp3) is 0.267. The molecule has 6 nitrogen and oxygen atoms in total. The Balaban J connectivity index is 1.74. The standard InChI is InChI=1S/C15H15ClN4O2S2/c1-10-9-14-18-19-15(20(14)11(2)17-10)23-7-8-24(21,22)13-5-3-12(16)4-6-13/h3-6,9H,7-8H2,1-2H3. The lowest BCUT2D eigenvalue weighted by Crippen LogP contribution is -2.09. The zero-order valence-electron chi connectivity index (χ0n) is 13.1. The van der Waals surface area contributed by atoms with Gasteiger partial charge in [-0.1, -0.05) is 23.4 Å². The Morgan fingerprint density at radius 2 is 1.88 bits per heavy atom. The van der Waals surface area contributed by atoms with Crippen LogP contribution in [0.2, 0.25) is 5.02 Å². The Kier molecular flexibility index (Phi) is 4.80. The van der Waals surface area contributed by atoms with E-state index in [9.17, 15) is 8.42 Å². The SMILES string of the molecule is Cc1cc2nnc(SCCS(=O)(=O)c3ccc(Cl)cc3)n2c(C)n1. The van der Waals surface area contributed by atoms with Gasteiger partial charge < -0.3 is 0 Å². The number of hydrogen-bond acceptors (Lipinski definition) is 6. The molecule has 3 rings (SSSR count). The summed E-state index contributed by atoms with van der Waals surface area (Å²) in [6, 6.07) is 8.03. The van der Waals surface area contributed by atoms with E-state index < -0.39 is 9.84 Å². The Labute approximate surface area is 149 Å². The van der Waals surface area contributed by atoms with Crippen molar-refractivity contribution in [3.63, 3.8) is 0 Å². The van der Waals surface area contributed by atoms with Crippen LogP contribution in [0, 0.1) is 13.8 Å². The monoisotopic (exact) mass is 382 g/mol. The molecule has 126 valence electrons. The van der Waals surface area contributed by atoms with Gasteiger partial charge in [0, 0.05) is 22.5 Å². The van der Waals surface area contributed by atoms with Crippen LogP contribution >= 0.6 is 23.4 Å². The van der Waals surface area contributed by atoms with E-state index in [1.54, 1.807) is 12.1 Å². The molecule has 0 fully saturated rings. The summed E-state index contributed by atoms with van der Waals surface area (Å²) < 4.78 is 26.5. The lowest BCUT2D eigenvalue weighted by molar-refractivity contribution is 0.597. The zero-order valence-corrected chi connectivity index (χ0v) is 15.5. The van der Waals surface area contributed by atoms with Gasteiger partial charge in [-0.15, -0.1) is 10.2 Å². The summed E-state index contributed by atoms with van der Waals surface area (Å²) in [5, 5.41) is 9.39. The maximum absolute atomic E-state index is 12.3. The number of rotatable bonds is 5. The molecule has 3 aromatic rings. The summed E-state index contributed by atoms with van der Waals surface area (Å²) in [4.78, 5) is 4.66. The van der Waals surface area contributed by atoms with Gasteiger partial charge in [0.2, 0.25) is 0 Å². The first-order valence-corrected chi connectivity index (χ1v) is 10.2. The van der Waals surface area contributed by atoms with Gasteiger partial charge in [-0.25, -0.2) is 13.4 Å². The van der Waals surface area contributed by atoms with E-state index >= 15 is 0 Å². The van der Waals surface area contributed by atoms with Gasteiger partial charge in [-0.3, -0.25) is 4.40 Å². The van der Waals surface area contributed by atoms with Gasteiger partial charge >= 0.3 is 0 Å². The molecule has 24 heavy (non-hydrogen) atoms. The largest absolute Gasteiger partial charge is 0.258 e. The summed E-state index contributed by atoms with van der Waals surface area (Å²) in [7, 11) is -3.35.